The van der Waals surface area contributed by atoms with Crippen LogP contribution in [0.25, 0.3) is 0 Å². The number of hydrogen-bond acceptors (Lipinski definition) is 8. The molecule has 0 bridgehead atoms. The Labute approximate surface area is 109 Å². The second-order valence-electron chi connectivity index (χ2n) is 4.32. The Hall–Kier alpha value is -2.00. The van der Waals surface area contributed by atoms with Gasteiger partial charge in [-0.3, -0.25) is 15.5 Å². The molecule has 0 spiro atoms. The van der Waals surface area contributed by atoms with Gasteiger partial charge in [-0.2, -0.15) is 4.98 Å². The lowest BCUT2D eigenvalue weighted by Gasteiger charge is -2.33. The third-order valence-corrected chi connectivity index (χ3v) is 2.99. The molecule has 9 heteroatoms. The average Bonchev–Trinajstić information content (AvgIpc) is 2.37. The van der Waals surface area contributed by atoms with Gasteiger partial charge in [-0.25, -0.2) is 10.8 Å². The first-order chi connectivity index (χ1) is 9.04. The summed E-state index contributed by atoms with van der Waals surface area (Å²) in [5.41, 5.74) is 2.51. The van der Waals surface area contributed by atoms with E-state index in [4.69, 9.17) is 10.6 Å². The maximum Gasteiger partial charge on any atom is 0.332 e. The third-order valence-electron chi connectivity index (χ3n) is 2.99. The van der Waals surface area contributed by atoms with Gasteiger partial charge in [0.2, 0.25) is 11.8 Å². The number of ether oxygens (including phenoxy) is 1. The van der Waals surface area contributed by atoms with Crippen LogP contribution in [0, 0.1) is 17.0 Å². The van der Waals surface area contributed by atoms with Crippen molar-refractivity contribution in [2.24, 2.45) is 5.84 Å². The summed E-state index contributed by atoms with van der Waals surface area (Å²) in [6, 6.07) is 0.00683. The molecule has 0 radical (unpaired) electrons. The van der Waals surface area contributed by atoms with E-state index in [2.05, 4.69) is 15.4 Å². The maximum atomic E-state index is 11.2. The van der Waals surface area contributed by atoms with E-state index in [0.29, 0.717) is 19.8 Å². The fraction of sp³-hybridized carbons (Fsp3) is 0.600. The molecule has 1 saturated heterocycles. The van der Waals surface area contributed by atoms with Gasteiger partial charge in [0.05, 0.1) is 24.2 Å². The highest BCUT2D eigenvalue weighted by Gasteiger charge is 2.30. The number of aromatic nitrogens is 2. The monoisotopic (exact) mass is 268 g/mol. The Bertz CT molecular complexity index is 494. The highest BCUT2D eigenvalue weighted by molar-refractivity contribution is 5.63. The molecule has 3 N–H and O–H groups in total. The SMILES string of the molecule is Cc1nc(NN)nc(N2CCOCC2C)c1[N+](=O)[O-]. The summed E-state index contributed by atoms with van der Waals surface area (Å²) in [4.78, 5) is 20.7. The lowest BCUT2D eigenvalue weighted by atomic mass is 10.2. The van der Waals surface area contributed by atoms with Crippen LogP contribution in [0.4, 0.5) is 17.5 Å². The lowest BCUT2D eigenvalue weighted by Crippen LogP contribution is -2.44. The Kier molecular flexibility index (Phi) is 3.76. The molecule has 104 valence electrons. The molecule has 19 heavy (non-hydrogen) atoms. The second-order valence-corrected chi connectivity index (χ2v) is 4.32. The van der Waals surface area contributed by atoms with Gasteiger partial charge in [-0.15, -0.1) is 0 Å². The van der Waals surface area contributed by atoms with Gasteiger partial charge in [0.1, 0.15) is 5.69 Å². The van der Waals surface area contributed by atoms with Crippen molar-refractivity contribution in [3.63, 3.8) is 0 Å². The molecule has 0 saturated carbocycles. The second kappa shape index (κ2) is 5.33. The minimum Gasteiger partial charge on any atom is -0.377 e. The Morgan fingerprint density at radius 3 is 2.89 bits per heavy atom. The van der Waals surface area contributed by atoms with Crippen LogP contribution in [0.1, 0.15) is 12.6 Å². The van der Waals surface area contributed by atoms with Crippen LogP contribution in [0.15, 0.2) is 0 Å². The molecule has 1 aromatic heterocycles. The fourth-order valence-electron chi connectivity index (χ4n) is 2.07. The first-order valence-electron chi connectivity index (χ1n) is 5.88. The van der Waals surface area contributed by atoms with E-state index in [9.17, 15) is 10.1 Å². The summed E-state index contributed by atoms with van der Waals surface area (Å²) < 4.78 is 5.33. The number of hydrogen-bond donors (Lipinski definition) is 2. The van der Waals surface area contributed by atoms with Gasteiger partial charge in [0.25, 0.3) is 0 Å². The topological polar surface area (TPSA) is 119 Å². The average molecular weight is 268 g/mol. The van der Waals surface area contributed by atoms with Crippen LogP contribution in [-0.4, -0.2) is 40.7 Å². The molecule has 1 aliphatic heterocycles. The standard InChI is InChI=1S/C10H16N6O3/c1-6-5-19-4-3-15(6)9-8(16(17)18)7(2)12-10(13-9)14-11/h6H,3-5,11H2,1-2H3,(H,12,13,14). The molecular formula is C10H16N6O3. The maximum absolute atomic E-state index is 11.2. The quantitative estimate of drug-likeness (QED) is 0.453. The van der Waals surface area contributed by atoms with Crippen LogP contribution < -0.4 is 16.2 Å². The molecule has 1 atom stereocenters. The molecule has 0 aromatic carbocycles. The largest absolute Gasteiger partial charge is 0.377 e. The number of nitrogens with zero attached hydrogens (tertiary/aromatic N) is 4. The summed E-state index contributed by atoms with van der Waals surface area (Å²) in [5.74, 6) is 5.73. The predicted molar refractivity (Wildman–Crippen MR) is 68.9 cm³/mol. The Balaban J connectivity index is 2.52. The van der Waals surface area contributed by atoms with Crippen LogP contribution in [0.5, 0.6) is 0 Å². The minimum absolute atomic E-state index is 0.00683. The van der Waals surface area contributed by atoms with E-state index in [0.717, 1.165) is 0 Å². The number of nitrogens with two attached hydrogens (primary N) is 1. The van der Waals surface area contributed by atoms with E-state index in [1.165, 1.54) is 0 Å². The van der Waals surface area contributed by atoms with Crippen molar-refractivity contribution in [1.82, 2.24) is 9.97 Å². The van der Waals surface area contributed by atoms with Gasteiger partial charge in [-0.1, -0.05) is 0 Å². The zero-order valence-electron chi connectivity index (χ0n) is 10.8. The summed E-state index contributed by atoms with van der Waals surface area (Å²) in [7, 11) is 0. The number of rotatable bonds is 3. The van der Waals surface area contributed by atoms with Gasteiger partial charge in [0, 0.05) is 6.54 Å². The van der Waals surface area contributed by atoms with Crippen molar-refractivity contribution >= 4 is 17.5 Å². The lowest BCUT2D eigenvalue weighted by molar-refractivity contribution is -0.385. The third kappa shape index (κ3) is 2.56. The van der Waals surface area contributed by atoms with Crippen LogP contribution in [0.3, 0.4) is 0 Å². The van der Waals surface area contributed by atoms with Crippen molar-refractivity contribution in [1.29, 1.82) is 0 Å². The van der Waals surface area contributed by atoms with Crippen molar-refractivity contribution in [2.45, 2.75) is 19.9 Å². The smallest absolute Gasteiger partial charge is 0.332 e. The Morgan fingerprint density at radius 2 is 2.32 bits per heavy atom. The van der Waals surface area contributed by atoms with E-state index in [1.807, 2.05) is 11.8 Å². The molecular weight excluding hydrogens is 252 g/mol. The van der Waals surface area contributed by atoms with Crippen LogP contribution in [0.2, 0.25) is 0 Å². The van der Waals surface area contributed by atoms with Crippen LogP contribution in [-0.2, 0) is 4.74 Å². The van der Waals surface area contributed by atoms with E-state index >= 15 is 0 Å². The molecule has 1 unspecified atom stereocenters. The predicted octanol–water partition coefficient (Wildman–Crippen LogP) is 0.204. The summed E-state index contributed by atoms with van der Waals surface area (Å²) in [6.07, 6.45) is 0. The zero-order chi connectivity index (χ0) is 14.0. The Morgan fingerprint density at radius 1 is 1.58 bits per heavy atom. The normalized spacial score (nSPS) is 19.3. The number of anilines is 2. The fourth-order valence-corrected chi connectivity index (χ4v) is 2.07. The number of nitro groups is 1. The molecule has 1 aromatic rings. The number of hydrazine groups is 1. The van der Waals surface area contributed by atoms with E-state index in [-0.39, 0.29) is 29.2 Å². The van der Waals surface area contributed by atoms with E-state index < -0.39 is 4.92 Å². The van der Waals surface area contributed by atoms with Crippen molar-refractivity contribution < 1.29 is 9.66 Å². The molecule has 1 fully saturated rings. The number of morpholine rings is 1. The molecule has 0 amide bonds. The first kappa shape index (κ1) is 13.4. The summed E-state index contributed by atoms with van der Waals surface area (Å²) >= 11 is 0. The molecule has 0 aliphatic carbocycles. The van der Waals surface area contributed by atoms with Crippen LogP contribution >= 0.6 is 0 Å². The van der Waals surface area contributed by atoms with Crippen molar-refractivity contribution in [2.75, 3.05) is 30.1 Å². The first-order valence-corrected chi connectivity index (χ1v) is 5.88. The van der Waals surface area contributed by atoms with E-state index in [1.54, 1.807) is 6.92 Å². The number of nitrogen functional groups attached to an aromatic ring is 1. The molecule has 2 heterocycles. The van der Waals surface area contributed by atoms with Crippen molar-refractivity contribution in [3.05, 3.63) is 15.8 Å². The van der Waals surface area contributed by atoms with Gasteiger partial charge >= 0.3 is 5.69 Å². The van der Waals surface area contributed by atoms with Crippen molar-refractivity contribution in [3.8, 4) is 0 Å². The summed E-state index contributed by atoms with van der Waals surface area (Å²) in [6.45, 7) is 5.05. The highest BCUT2D eigenvalue weighted by atomic mass is 16.6. The minimum atomic E-state index is -0.465. The highest BCUT2D eigenvalue weighted by Crippen LogP contribution is 2.31. The molecule has 9 nitrogen and oxygen atoms in total. The zero-order valence-corrected chi connectivity index (χ0v) is 10.8. The molecule has 1 aliphatic rings. The van der Waals surface area contributed by atoms with Gasteiger partial charge in [0.15, 0.2) is 0 Å². The molecule has 2 rings (SSSR count). The number of aryl methyl sites for hydroxylation is 1. The van der Waals surface area contributed by atoms with Gasteiger partial charge < -0.3 is 9.64 Å². The summed E-state index contributed by atoms with van der Waals surface area (Å²) in [5, 5.41) is 11.2. The van der Waals surface area contributed by atoms with Gasteiger partial charge in [-0.05, 0) is 13.8 Å². The number of nitrogens with one attached hydrogen (secondary N) is 1.